The fraction of sp³-hybridized carbons (Fsp3) is 0.529. The van der Waals surface area contributed by atoms with Gasteiger partial charge in [0.2, 0.25) is 0 Å². The molecule has 1 amide bonds. The maximum Gasteiger partial charge on any atom is 0.252 e. The Balaban J connectivity index is 2.16. The van der Waals surface area contributed by atoms with Crippen molar-refractivity contribution in [2.75, 3.05) is 39.9 Å². The SMILES string of the molecule is CCOCCCCNC(=NC)NCCNC(=O)c1ccccc1Cl. The van der Waals surface area contributed by atoms with E-state index in [1.807, 2.05) is 6.92 Å². The number of halogens is 1. The molecular formula is C17H27ClN4O2. The minimum atomic E-state index is -0.179. The average molecular weight is 355 g/mol. The number of nitrogens with one attached hydrogen (secondary N) is 3. The van der Waals surface area contributed by atoms with Gasteiger partial charge in [-0.3, -0.25) is 9.79 Å². The van der Waals surface area contributed by atoms with Crippen LogP contribution in [0.2, 0.25) is 5.02 Å². The van der Waals surface area contributed by atoms with E-state index in [1.165, 1.54) is 0 Å². The highest BCUT2D eigenvalue weighted by Gasteiger charge is 2.08. The van der Waals surface area contributed by atoms with Gasteiger partial charge in [0.1, 0.15) is 0 Å². The predicted molar refractivity (Wildman–Crippen MR) is 98.9 cm³/mol. The molecule has 0 radical (unpaired) electrons. The van der Waals surface area contributed by atoms with Gasteiger partial charge in [0, 0.05) is 39.9 Å². The van der Waals surface area contributed by atoms with E-state index in [2.05, 4.69) is 20.9 Å². The number of hydrogen-bond acceptors (Lipinski definition) is 3. The monoisotopic (exact) mass is 354 g/mol. The molecule has 0 heterocycles. The second-order valence-corrected chi connectivity index (χ2v) is 5.47. The molecule has 134 valence electrons. The van der Waals surface area contributed by atoms with Crippen molar-refractivity contribution in [2.45, 2.75) is 19.8 Å². The number of nitrogens with zero attached hydrogens (tertiary/aromatic N) is 1. The van der Waals surface area contributed by atoms with Gasteiger partial charge in [-0.15, -0.1) is 0 Å². The average Bonchev–Trinajstić information content (AvgIpc) is 2.59. The summed E-state index contributed by atoms with van der Waals surface area (Å²) >= 11 is 5.99. The zero-order chi connectivity index (χ0) is 17.6. The Morgan fingerprint density at radius 2 is 1.83 bits per heavy atom. The van der Waals surface area contributed by atoms with Gasteiger partial charge in [0.15, 0.2) is 5.96 Å². The maximum absolute atomic E-state index is 12.0. The number of unbranched alkanes of at least 4 members (excludes halogenated alkanes) is 1. The molecule has 0 spiro atoms. The number of benzene rings is 1. The lowest BCUT2D eigenvalue weighted by atomic mass is 10.2. The first-order valence-electron chi connectivity index (χ1n) is 8.24. The summed E-state index contributed by atoms with van der Waals surface area (Å²) in [6, 6.07) is 6.99. The number of amides is 1. The first-order chi connectivity index (χ1) is 11.7. The molecular weight excluding hydrogens is 328 g/mol. The van der Waals surface area contributed by atoms with Crippen LogP contribution in [0.3, 0.4) is 0 Å². The van der Waals surface area contributed by atoms with Gasteiger partial charge in [-0.25, -0.2) is 0 Å². The molecule has 0 aromatic heterocycles. The molecule has 24 heavy (non-hydrogen) atoms. The number of carbonyl (C=O) groups is 1. The van der Waals surface area contributed by atoms with Crippen LogP contribution in [0, 0.1) is 0 Å². The molecule has 0 aliphatic heterocycles. The zero-order valence-electron chi connectivity index (χ0n) is 14.4. The lowest BCUT2D eigenvalue weighted by molar-refractivity contribution is 0.0954. The normalized spacial score (nSPS) is 11.2. The number of ether oxygens (including phenoxy) is 1. The van der Waals surface area contributed by atoms with Crippen molar-refractivity contribution < 1.29 is 9.53 Å². The van der Waals surface area contributed by atoms with E-state index in [0.717, 1.165) is 38.6 Å². The molecule has 0 bridgehead atoms. The summed E-state index contributed by atoms with van der Waals surface area (Å²) in [6.07, 6.45) is 2.04. The first kappa shape index (κ1) is 20.3. The summed E-state index contributed by atoms with van der Waals surface area (Å²) in [5.41, 5.74) is 0.482. The van der Waals surface area contributed by atoms with Crippen LogP contribution >= 0.6 is 11.6 Å². The molecule has 0 aliphatic rings. The Morgan fingerprint density at radius 1 is 1.12 bits per heavy atom. The van der Waals surface area contributed by atoms with Gasteiger partial charge in [-0.2, -0.15) is 0 Å². The van der Waals surface area contributed by atoms with Gasteiger partial charge < -0.3 is 20.7 Å². The summed E-state index contributed by atoms with van der Waals surface area (Å²) in [4.78, 5) is 16.1. The van der Waals surface area contributed by atoms with E-state index < -0.39 is 0 Å². The maximum atomic E-state index is 12.0. The summed E-state index contributed by atoms with van der Waals surface area (Å²) in [7, 11) is 1.72. The molecule has 0 saturated heterocycles. The fourth-order valence-electron chi connectivity index (χ4n) is 2.00. The molecule has 1 aromatic rings. The molecule has 0 aliphatic carbocycles. The molecule has 3 N–H and O–H groups in total. The number of aliphatic imine (C=N–C) groups is 1. The molecule has 0 unspecified atom stereocenters. The number of rotatable bonds is 10. The van der Waals surface area contributed by atoms with Gasteiger partial charge in [-0.1, -0.05) is 23.7 Å². The second kappa shape index (κ2) is 12.6. The minimum absolute atomic E-state index is 0.179. The lowest BCUT2D eigenvalue weighted by Gasteiger charge is -2.12. The molecule has 1 rings (SSSR count). The van der Waals surface area contributed by atoms with Gasteiger partial charge in [0.25, 0.3) is 5.91 Å². The Morgan fingerprint density at radius 3 is 2.54 bits per heavy atom. The first-order valence-corrected chi connectivity index (χ1v) is 8.61. The third-order valence-corrected chi connectivity index (χ3v) is 3.59. The van der Waals surface area contributed by atoms with E-state index in [0.29, 0.717) is 23.7 Å². The largest absolute Gasteiger partial charge is 0.382 e. The van der Waals surface area contributed by atoms with Gasteiger partial charge >= 0.3 is 0 Å². The smallest absolute Gasteiger partial charge is 0.252 e. The van der Waals surface area contributed by atoms with Crippen LogP contribution in [0.1, 0.15) is 30.1 Å². The highest BCUT2D eigenvalue weighted by molar-refractivity contribution is 6.33. The van der Waals surface area contributed by atoms with Crippen molar-refractivity contribution in [2.24, 2.45) is 4.99 Å². The van der Waals surface area contributed by atoms with Crippen LogP contribution in [-0.2, 0) is 4.74 Å². The standard InChI is InChI=1S/C17H27ClN4O2/c1-3-24-13-7-6-10-21-17(19-2)22-12-11-20-16(23)14-8-4-5-9-15(14)18/h4-5,8-9H,3,6-7,10-13H2,1-2H3,(H,20,23)(H2,19,21,22). The molecule has 0 fully saturated rings. The number of guanidine groups is 1. The Kier molecular flexibility index (Phi) is 10.6. The molecule has 0 saturated carbocycles. The van der Waals surface area contributed by atoms with Crippen molar-refractivity contribution in [3.05, 3.63) is 34.9 Å². The third-order valence-electron chi connectivity index (χ3n) is 3.26. The summed E-state index contributed by atoms with van der Waals surface area (Å²) in [5.74, 6) is 0.541. The van der Waals surface area contributed by atoms with Crippen LogP contribution < -0.4 is 16.0 Å². The highest BCUT2D eigenvalue weighted by atomic mass is 35.5. The lowest BCUT2D eigenvalue weighted by Crippen LogP contribution is -2.41. The minimum Gasteiger partial charge on any atom is -0.382 e. The van der Waals surface area contributed by atoms with Gasteiger partial charge in [-0.05, 0) is 31.9 Å². The topological polar surface area (TPSA) is 74.8 Å². The number of carbonyl (C=O) groups excluding carboxylic acids is 1. The fourth-order valence-corrected chi connectivity index (χ4v) is 2.22. The molecule has 7 heteroatoms. The van der Waals surface area contributed by atoms with E-state index in [-0.39, 0.29) is 5.91 Å². The summed E-state index contributed by atoms with van der Waals surface area (Å²) in [6.45, 7) is 5.44. The van der Waals surface area contributed by atoms with E-state index in [1.54, 1.807) is 31.3 Å². The summed E-state index contributed by atoms with van der Waals surface area (Å²) < 4.78 is 5.29. The van der Waals surface area contributed by atoms with E-state index >= 15 is 0 Å². The van der Waals surface area contributed by atoms with E-state index in [9.17, 15) is 4.79 Å². The van der Waals surface area contributed by atoms with Crippen LogP contribution in [-0.4, -0.2) is 51.8 Å². The van der Waals surface area contributed by atoms with Crippen molar-refractivity contribution in [1.82, 2.24) is 16.0 Å². The van der Waals surface area contributed by atoms with Crippen molar-refractivity contribution in [3.63, 3.8) is 0 Å². The van der Waals surface area contributed by atoms with Gasteiger partial charge in [0.05, 0.1) is 10.6 Å². The number of hydrogen-bond donors (Lipinski definition) is 3. The van der Waals surface area contributed by atoms with Crippen molar-refractivity contribution >= 4 is 23.5 Å². The molecule has 6 nitrogen and oxygen atoms in total. The van der Waals surface area contributed by atoms with E-state index in [4.69, 9.17) is 16.3 Å². The molecule has 0 atom stereocenters. The van der Waals surface area contributed by atoms with Crippen molar-refractivity contribution in [3.8, 4) is 0 Å². The third kappa shape index (κ3) is 8.17. The summed E-state index contributed by atoms with van der Waals surface area (Å²) in [5, 5.41) is 9.65. The van der Waals surface area contributed by atoms with Crippen LogP contribution in [0.15, 0.2) is 29.3 Å². The highest BCUT2D eigenvalue weighted by Crippen LogP contribution is 2.14. The van der Waals surface area contributed by atoms with Crippen LogP contribution in [0.5, 0.6) is 0 Å². The quantitative estimate of drug-likeness (QED) is 0.341. The van der Waals surface area contributed by atoms with Crippen LogP contribution in [0.4, 0.5) is 0 Å². The molecule has 1 aromatic carbocycles. The predicted octanol–water partition coefficient (Wildman–Crippen LogP) is 2.05. The van der Waals surface area contributed by atoms with Crippen LogP contribution in [0.25, 0.3) is 0 Å². The Bertz CT molecular complexity index is 523. The van der Waals surface area contributed by atoms with Crippen molar-refractivity contribution in [1.29, 1.82) is 0 Å². The zero-order valence-corrected chi connectivity index (χ0v) is 15.2. The Hall–Kier alpha value is -1.79. The Labute approximate surface area is 149 Å². The second-order valence-electron chi connectivity index (χ2n) is 5.07.